The SMILES string of the molecule is COCCN(Cn1[nH]c(-c2ccccc2)nc1=S)[C@@H]1CCS(=O)(=O)C1. The summed E-state index contributed by atoms with van der Waals surface area (Å²) >= 11 is 5.37. The molecule has 0 aliphatic carbocycles. The van der Waals surface area contributed by atoms with Crippen molar-refractivity contribution in [2.24, 2.45) is 0 Å². The first-order valence-corrected chi connectivity index (χ1v) is 10.4. The van der Waals surface area contributed by atoms with Crippen LogP contribution in [0.1, 0.15) is 6.42 Å². The van der Waals surface area contributed by atoms with Crippen LogP contribution in [0.4, 0.5) is 0 Å². The molecule has 1 saturated heterocycles. The minimum atomic E-state index is -2.95. The number of nitrogens with zero attached hydrogens (tertiary/aromatic N) is 3. The molecule has 0 unspecified atom stereocenters. The first kappa shape index (κ1) is 18.2. The van der Waals surface area contributed by atoms with E-state index in [0.29, 0.717) is 36.8 Å². The Labute approximate surface area is 152 Å². The molecule has 0 bridgehead atoms. The fourth-order valence-electron chi connectivity index (χ4n) is 3.00. The van der Waals surface area contributed by atoms with Crippen molar-refractivity contribution in [3.8, 4) is 11.4 Å². The van der Waals surface area contributed by atoms with E-state index in [1.165, 1.54) is 0 Å². The summed E-state index contributed by atoms with van der Waals surface area (Å²) in [6.45, 7) is 1.63. The monoisotopic (exact) mass is 382 g/mol. The third kappa shape index (κ3) is 4.55. The number of benzene rings is 1. The molecule has 0 spiro atoms. The first-order chi connectivity index (χ1) is 12.0. The van der Waals surface area contributed by atoms with Crippen LogP contribution < -0.4 is 0 Å². The third-order valence-electron chi connectivity index (χ3n) is 4.36. The lowest BCUT2D eigenvalue weighted by molar-refractivity contribution is 0.0982. The van der Waals surface area contributed by atoms with Crippen molar-refractivity contribution in [3.63, 3.8) is 0 Å². The minimum Gasteiger partial charge on any atom is -0.383 e. The lowest BCUT2D eigenvalue weighted by atomic mass is 10.2. The van der Waals surface area contributed by atoms with Crippen molar-refractivity contribution in [2.45, 2.75) is 19.1 Å². The number of sulfone groups is 1. The molecule has 0 saturated carbocycles. The highest BCUT2D eigenvalue weighted by atomic mass is 32.2. The summed E-state index contributed by atoms with van der Waals surface area (Å²) in [5.41, 5.74) is 0.958. The van der Waals surface area contributed by atoms with Crippen molar-refractivity contribution in [3.05, 3.63) is 35.1 Å². The third-order valence-corrected chi connectivity index (χ3v) is 6.42. The predicted octanol–water partition coefficient (Wildman–Crippen LogP) is 1.70. The Hall–Kier alpha value is -1.55. The second kappa shape index (κ2) is 7.77. The van der Waals surface area contributed by atoms with Crippen LogP contribution in [0.25, 0.3) is 11.4 Å². The van der Waals surface area contributed by atoms with Gasteiger partial charge in [0, 0.05) is 25.3 Å². The molecule has 1 fully saturated rings. The van der Waals surface area contributed by atoms with E-state index >= 15 is 0 Å². The summed E-state index contributed by atoms with van der Waals surface area (Å²) in [5, 5.41) is 3.22. The van der Waals surface area contributed by atoms with Gasteiger partial charge in [0.1, 0.15) is 0 Å². The zero-order chi connectivity index (χ0) is 17.9. The van der Waals surface area contributed by atoms with Gasteiger partial charge in [-0.1, -0.05) is 30.3 Å². The molecular formula is C16H22N4O3S2. The second-order valence-corrected chi connectivity index (χ2v) is 8.75. The van der Waals surface area contributed by atoms with Gasteiger partial charge in [0.05, 0.1) is 24.8 Å². The van der Waals surface area contributed by atoms with E-state index in [9.17, 15) is 8.42 Å². The maximum Gasteiger partial charge on any atom is 0.217 e. The number of ether oxygens (including phenoxy) is 1. The normalized spacial score (nSPS) is 19.5. The molecule has 1 N–H and O–H groups in total. The van der Waals surface area contributed by atoms with Crippen LogP contribution in [0.2, 0.25) is 0 Å². The summed E-state index contributed by atoms with van der Waals surface area (Å²) in [5.74, 6) is 1.13. The molecule has 2 heterocycles. The topological polar surface area (TPSA) is 80.2 Å². The maximum absolute atomic E-state index is 11.8. The summed E-state index contributed by atoms with van der Waals surface area (Å²) in [4.78, 5) is 6.51. The van der Waals surface area contributed by atoms with E-state index in [4.69, 9.17) is 17.0 Å². The zero-order valence-electron chi connectivity index (χ0n) is 14.1. The van der Waals surface area contributed by atoms with Crippen molar-refractivity contribution >= 4 is 22.1 Å². The Kier molecular flexibility index (Phi) is 5.67. The van der Waals surface area contributed by atoms with Gasteiger partial charge in [0.2, 0.25) is 4.77 Å². The molecule has 2 aromatic rings. The van der Waals surface area contributed by atoms with Gasteiger partial charge in [-0.3, -0.25) is 10.00 Å². The van der Waals surface area contributed by atoms with Crippen LogP contribution in [0.15, 0.2) is 30.3 Å². The van der Waals surface area contributed by atoms with E-state index in [1.54, 1.807) is 11.8 Å². The first-order valence-electron chi connectivity index (χ1n) is 8.14. The van der Waals surface area contributed by atoms with Gasteiger partial charge >= 0.3 is 0 Å². The fourth-order valence-corrected chi connectivity index (χ4v) is 4.96. The largest absolute Gasteiger partial charge is 0.383 e. The van der Waals surface area contributed by atoms with E-state index in [1.807, 2.05) is 30.3 Å². The average Bonchev–Trinajstić information content (AvgIpc) is 3.14. The Balaban J connectivity index is 1.80. The van der Waals surface area contributed by atoms with Crippen LogP contribution in [-0.2, 0) is 21.2 Å². The highest BCUT2D eigenvalue weighted by Crippen LogP contribution is 2.19. The van der Waals surface area contributed by atoms with E-state index < -0.39 is 9.84 Å². The average molecular weight is 383 g/mol. The Morgan fingerprint density at radius 3 is 2.80 bits per heavy atom. The molecule has 0 radical (unpaired) electrons. The molecule has 1 aliphatic rings. The van der Waals surface area contributed by atoms with E-state index in [0.717, 1.165) is 5.56 Å². The Bertz CT molecular complexity index is 861. The predicted molar refractivity (Wildman–Crippen MR) is 98.5 cm³/mol. The van der Waals surface area contributed by atoms with Gasteiger partial charge in [-0.25, -0.2) is 13.1 Å². The molecule has 136 valence electrons. The highest BCUT2D eigenvalue weighted by Gasteiger charge is 2.32. The van der Waals surface area contributed by atoms with Gasteiger partial charge < -0.3 is 4.74 Å². The summed E-state index contributed by atoms with van der Waals surface area (Å²) < 4.78 is 31.0. The maximum atomic E-state index is 11.8. The quantitative estimate of drug-likeness (QED) is 0.734. The lowest BCUT2D eigenvalue weighted by Crippen LogP contribution is -2.40. The number of hydrogen-bond acceptors (Lipinski definition) is 6. The number of H-pyrrole nitrogens is 1. The Morgan fingerprint density at radius 1 is 1.40 bits per heavy atom. The second-order valence-electron chi connectivity index (χ2n) is 6.15. The molecule has 7 nitrogen and oxygen atoms in total. The number of nitrogens with one attached hydrogen (secondary N) is 1. The zero-order valence-corrected chi connectivity index (χ0v) is 15.7. The summed E-state index contributed by atoms with van der Waals surface area (Å²) in [7, 11) is -1.31. The molecule has 25 heavy (non-hydrogen) atoms. The van der Waals surface area contributed by atoms with Crippen LogP contribution in [0, 0.1) is 4.77 Å². The molecule has 3 rings (SSSR count). The smallest absolute Gasteiger partial charge is 0.217 e. The van der Waals surface area contributed by atoms with Crippen molar-refractivity contribution in [2.75, 3.05) is 31.8 Å². The molecule has 1 aromatic heterocycles. The molecule has 1 atom stereocenters. The van der Waals surface area contributed by atoms with Crippen LogP contribution in [0.5, 0.6) is 0 Å². The van der Waals surface area contributed by atoms with Gasteiger partial charge in [-0.15, -0.1) is 0 Å². The van der Waals surface area contributed by atoms with Gasteiger partial charge in [0.15, 0.2) is 15.7 Å². The van der Waals surface area contributed by atoms with Gasteiger partial charge in [-0.05, 0) is 18.6 Å². The van der Waals surface area contributed by atoms with E-state index in [2.05, 4.69) is 15.0 Å². The van der Waals surface area contributed by atoms with Crippen molar-refractivity contribution in [1.82, 2.24) is 19.7 Å². The summed E-state index contributed by atoms with van der Waals surface area (Å²) in [6.07, 6.45) is 0.638. The number of rotatable bonds is 7. The Morgan fingerprint density at radius 2 is 2.16 bits per heavy atom. The number of aromatic nitrogens is 3. The van der Waals surface area contributed by atoms with Crippen molar-refractivity contribution in [1.29, 1.82) is 0 Å². The highest BCUT2D eigenvalue weighted by molar-refractivity contribution is 7.91. The standard InChI is InChI=1S/C16H22N4O3S2/c1-23-9-8-19(14-7-10-25(21,22)11-14)12-20-16(24)17-15(18-20)13-5-3-2-4-6-13/h2-6,14H,7-12H2,1H3,(H,17,18,24)/t14-/m1/s1. The number of hydrogen-bond donors (Lipinski definition) is 1. The van der Waals surface area contributed by atoms with Gasteiger partial charge in [-0.2, -0.15) is 4.98 Å². The molecular weight excluding hydrogens is 360 g/mol. The minimum absolute atomic E-state index is 0.0227. The summed E-state index contributed by atoms with van der Waals surface area (Å²) in [6, 6.07) is 9.74. The molecule has 9 heteroatoms. The lowest BCUT2D eigenvalue weighted by Gasteiger charge is -2.27. The molecule has 0 amide bonds. The molecule has 1 aromatic carbocycles. The van der Waals surface area contributed by atoms with Crippen molar-refractivity contribution < 1.29 is 13.2 Å². The number of methoxy groups -OCH3 is 1. The fraction of sp³-hybridized carbons (Fsp3) is 0.500. The van der Waals surface area contributed by atoms with Gasteiger partial charge in [0.25, 0.3) is 0 Å². The van der Waals surface area contributed by atoms with E-state index in [-0.39, 0.29) is 17.5 Å². The van der Waals surface area contributed by atoms with Crippen LogP contribution in [-0.4, -0.2) is 65.9 Å². The number of aromatic amines is 1. The van der Waals surface area contributed by atoms with Crippen LogP contribution >= 0.6 is 12.2 Å². The molecule has 1 aliphatic heterocycles. The van der Waals surface area contributed by atoms with Crippen LogP contribution in [0.3, 0.4) is 0 Å².